The van der Waals surface area contributed by atoms with Gasteiger partial charge in [-0.05, 0) is 26.2 Å². The molecule has 0 aromatic carbocycles. The molecule has 2 N–H and O–H groups in total. The van der Waals surface area contributed by atoms with Gasteiger partial charge in [0, 0.05) is 31.5 Å². The summed E-state index contributed by atoms with van der Waals surface area (Å²) in [6.07, 6.45) is 2.08. The molecule has 1 rings (SSSR count). The van der Waals surface area contributed by atoms with Crippen molar-refractivity contribution in [2.45, 2.75) is 13.1 Å². The molecule has 1 aromatic rings. The Morgan fingerprint density at radius 2 is 2.25 bits per heavy atom. The van der Waals surface area contributed by atoms with Crippen molar-refractivity contribution >= 4 is 0 Å². The molecule has 0 saturated carbocycles. The molecule has 1 heterocycles. The molecule has 0 unspecified atom stereocenters. The van der Waals surface area contributed by atoms with Gasteiger partial charge >= 0.3 is 0 Å². The zero-order chi connectivity index (χ0) is 8.97. The third-order valence-corrected chi connectivity index (χ3v) is 1.92. The first kappa shape index (κ1) is 9.29. The van der Waals surface area contributed by atoms with Gasteiger partial charge in [-0.25, -0.2) is 0 Å². The topological polar surface area (TPSA) is 34.2 Å². The van der Waals surface area contributed by atoms with Crippen LogP contribution in [-0.4, -0.2) is 30.1 Å². The van der Waals surface area contributed by atoms with E-state index in [4.69, 9.17) is 5.73 Å². The molecular weight excluding hydrogens is 150 g/mol. The minimum Gasteiger partial charge on any atom is -0.349 e. The lowest BCUT2D eigenvalue weighted by Crippen LogP contribution is -2.19. The van der Waals surface area contributed by atoms with Gasteiger partial charge in [-0.2, -0.15) is 0 Å². The van der Waals surface area contributed by atoms with Crippen LogP contribution < -0.4 is 5.73 Å². The van der Waals surface area contributed by atoms with E-state index in [0.717, 1.165) is 13.1 Å². The van der Waals surface area contributed by atoms with Crippen molar-refractivity contribution in [2.24, 2.45) is 5.73 Å². The van der Waals surface area contributed by atoms with Gasteiger partial charge in [0.05, 0.1) is 0 Å². The standard InChI is InChI=1S/C9H17N3/c1-11(2)6-7-12-5-3-4-9(12)8-10/h3-5H,6-8,10H2,1-2H3. The summed E-state index contributed by atoms with van der Waals surface area (Å²) in [5.74, 6) is 0. The van der Waals surface area contributed by atoms with Crippen LogP contribution in [0.2, 0.25) is 0 Å². The Hall–Kier alpha value is -0.800. The summed E-state index contributed by atoms with van der Waals surface area (Å²) in [4.78, 5) is 2.17. The van der Waals surface area contributed by atoms with E-state index < -0.39 is 0 Å². The van der Waals surface area contributed by atoms with Crippen LogP contribution in [0.5, 0.6) is 0 Å². The van der Waals surface area contributed by atoms with E-state index >= 15 is 0 Å². The zero-order valence-electron chi connectivity index (χ0n) is 7.83. The Bertz CT molecular complexity index is 227. The highest BCUT2D eigenvalue weighted by atomic mass is 15.1. The molecule has 0 fully saturated rings. The second kappa shape index (κ2) is 4.28. The summed E-state index contributed by atoms with van der Waals surface area (Å²) < 4.78 is 2.19. The van der Waals surface area contributed by atoms with Crippen LogP contribution in [0.15, 0.2) is 18.3 Å². The molecule has 0 aliphatic carbocycles. The van der Waals surface area contributed by atoms with E-state index in [9.17, 15) is 0 Å². The zero-order valence-corrected chi connectivity index (χ0v) is 7.83. The summed E-state index contributed by atoms with van der Waals surface area (Å²) in [5.41, 5.74) is 6.77. The maximum Gasteiger partial charge on any atom is 0.0350 e. The van der Waals surface area contributed by atoms with Crippen molar-refractivity contribution in [2.75, 3.05) is 20.6 Å². The second-order valence-corrected chi connectivity index (χ2v) is 3.20. The average Bonchev–Trinajstić information content (AvgIpc) is 2.47. The first-order valence-corrected chi connectivity index (χ1v) is 4.23. The molecule has 0 aliphatic rings. The maximum atomic E-state index is 5.57. The summed E-state index contributed by atoms with van der Waals surface area (Å²) >= 11 is 0. The first-order chi connectivity index (χ1) is 5.74. The number of hydrogen-bond acceptors (Lipinski definition) is 2. The average molecular weight is 167 g/mol. The Kier molecular flexibility index (Phi) is 3.31. The lowest BCUT2D eigenvalue weighted by atomic mass is 10.4. The Morgan fingerprint density at radius 1 is 1.50 bits per heavy atom. The Balaban J connectivity index is 2.50. The minimum absolute atomic E-state index is 0.625. The molecule has 3 heteroatoms. The van der Waals surface area contributed by atoms with Crippen molar-refractivity contribution in [1.29, 1.82) is 0 Å². The lowest BCUT2D eigenvalue weighted by molar-refractivity contribution is 0.381. The summed E-state index contributed by atoms with van der Waals surface area (Å²) in [7, 11) is 4.15. The van der Waals surface area contributed by atoms with Gasteiger partial charge in [-0.3, -0.25) is 0 Å². The van der Waals surface area contributed by atoms with Crippen LogP contribution in [0.1, 0.15) is 5.69 Å². The monoisotopic (exact) mass is 167 g/mol. The van der Waals surface area contributed by atoms with Crippen LogP contribution in [0.25, 0.3) is 0 Å². The van der Waals surface area contributed by atoms with Gasteiger partial charge in [0.2, 0.25) is 0 Å². The van der Waals surface area contributed by atoms with Crippen LogP contribution in [0.3, 0.4) is 0 Å². The lowest BCUT2D eigenvalue weighted by Gasteiger charge is -2.12. The van der Waals surface area contributed by atoms with Gasteiger partial charge in [-0.1, -0.05) is 0 Å². The number of rotatable bonds is 4. The fourth-order valence-corrected chi connectivity index (χ4v) is 1.16. The molecule has 0 spiro atoms. The van der Waals surface area contributed by atoms with Crippen molar-refractivity contribution in [3.05, 3.63) is 24.0 Å². The molecular formula is C9H17N3. The number of hydrogen-bond donors (Lipinski definition) is 1. The van der Waals surface area contributed by atoms with E-state index in [1.165, 1.54) is 5.69 Å². The van der Waals surface area contributed by atoms with Crippen molar-refractivity contribution in [3.63, 3.8) is 0 Å². The van der Waals surface area contributed by atoms with Gasteiger partial charge < -0.3 is 15.2 Å². The maximum absolute atomic E-state index is 5.57. The Morgan fingerprint density at radius 3 is 2.83 bits per heavy atom. The number of aromatic nitrogens is 1. The van der Waals surface area contributed by atoms with Gasteiger partial charge in [-0.15, -0.1) is 0 Å². The molecule has 0 radical (unpaired) electrons. The van der Waals surface area contributed by atoms with Crippen molar-refractivity contribution in [3.8, 4) is 0 Å². The molecule has 0 atom stereocenters. The highest BCUT2D eigenvalue weighted by Gasteiger charge is 1.97. The third-order valence-electron chi connectivity index (χ3n) is 1.92. The highest BCUT2D eigenvalue weighted by molar-refractivity contribution is 5.06. The molecule has 0 bridgehead atoms. The van der Waals surface area contributed by atoms with E-state index in [1.54, 1.807) is 0 Å². The van der Waals surface area contributed by atoms with E-state index in [-0.39, 0.29) is 0 Å². The minimum atomic E-state index is 0.625. The normalized spacial score (nSPS) is 11.0. The van der Waals surface area contributed by atoms with Gasteiger partial charge in [0.25, 0.3) is 0 Å². The third kappa shape index (κ3) is 2.36. The SMILES string of the molecule is CN(C)CCn1cccc1CN. The van der Waals surface area contributed by atoms with Crippen LogP contribution in [0, 0.1) is 0 Å². The number of likely N-dealkylation sites (N-methyl/N-ethyl adjacent to an activating group) is 1. The molecule has 0 aliphatic heterocycles. The predicted molar refractivity (Wildman–Crippen MR) is 50.9 cm³/mol. The largest absolute Gasteiger partial charge is 0.349 e. The van der Waals surface area contributed by atoms with Crippen LogP contribution in [0.4, 0.5) is 0 Å². The first-order valence-electron chi connectivity index (χ1n) is 4.23. The van der Waals surface area contributed by atoms with Gasteiger partial charge in [0.15, 0.2) is 0 Å². The van der Waals surface area contributed by atoms with Crippen molar-refractivity contribution < 1.29 is 0 Å². The van der Waals surface area contributed by atoms with E-state index in [0.29, 0.717) is 6.54 Å². The number of nitrogens with two attached hydrogens (primary N) is 1. The molecule has 12 heavy (non-hydrogen) atoms. The number of nitrogens with zero attached hydrogens (tertiary/aromatic N) is 2. The van der Waals surface area contributed by atoms with Crippen LogP contribution >= 0.6 is 0 Å². The molecule has 1 aromatic heterocycles. The van der Waals surface area contributed by atoms with E-state index in [1.807, 2.05) is 6.07 Å². The van der Waals surface area contributed by atoms with Crippen LogP contribution in [-0.2, 0) is 13.1 Å². The van der Waals surface area contributed by atoms with Gasteiger partial charge in [0.1, 0.15) is 0 Å². The predicted octanol–water partition coefficient (Wildman–Crippen LogP) is 0.508. The quantitative estimate of drug-likeness (QED) is 0.709. The second-order valence-electron chi connectivity index (χ2n) is 3.20. The molecule has 3 nitrogen and oxygen atoms in total. The summed E-state index contributed by atoms with van der Waals surface area (Å²) in [5, 5.41) is 0. The highest BCUT2D eigenvalue weighted by Crippen LogP contribution is 2.00. The Labute approximate surface area is 73.8 Å². The molecule has 68 valence electrons. The molecule has 0 amide bonds. The fourth-order valence-electron chi connectivity index (χ4n) is 1.16. The summed E-state index contributed by atoms with van der Waals surface area (Å²) in [6.45, 7) is 2.70. The summed E-state index contributed by atoms with van der Waals surface area (Å²) in [6, 6.07) is 4.10. The fraction of sp³-hybridized carbons (Fsp3) is 0.556. The van der Waals surface area contributed by atoms with E-state index in [2.05, 4.69) is 35.8 Å². The van der Waals surface area contributed by atoms with Crippen molar-refractivity contribution in [1.82, 2.24) is 9.47 Å². The smallest absolute Gasteiger partial charge is 0.0350 e. The molecule has 0 saturated heterocycles.